The van der Waals surface area contributed by atoms with Crippen LogP contribution in [0.1, 0.15) is 19.3 Å². The normalized spacial score (nSPS) is 22.0. The Labute approximate surface area is 121 Å². The molecule has 2 aliphatic rings. The zero-order valence-corrected chi connectivity index (χ0v) is 11.9. The quantitative estimate of drug-likeness (QED) is 0.869. The molecule has 104 valence electrons. The van der Waals surface area contributed by atoms with Crippen molar-refractivity contribution in [2.75, 3.05) is 24.5 Å². The number of pyridine rings is 1. The number of anilines is 1. The Morgan fingerprint density at radius 1 is 1.30 bits per heavy atom. The third kappa shape index (κ3) is 1.68. The smallest absolute Gasteiger partial charge is 0.234 e. The molecule has 2 aliphatic heterocycles. The van der Waals surface area contributed by atoms with E-state index >= 15 is 0 Å². The molecule has 0 aromatic carbocycles. The van der Waals surface area contributed by atoms with Gasteiger partial charge in [-0.25, -0.2) is 0 Å². The van der Waals surface area contributed by atoms with Gasteiger partial charge in [0.05, 0.1) is 5.41 Å². The third-order valence-electron chi connectivity index (χ3n) is 4.54. The van der Waals surface area contributed by atoms with E-state index in [9.17, 15) is 4.79 Å². The predicted octanol–water partition coefficient (Wildman–Crippen LogP) is 1.80. The molecule has 20 heavy (non-hydrogen) atoms. The minimum Gasteiger partial charge on any atom is -0.317 e. The number of hydrogen-bond donors (Lipinski definition) is 1. The van der Waals surface area contributed by atoms with Gasteiger partial charge in [-0.1, -0.05) is 0 Å². The highest BCUT2D eigenvalue weighted by molar-refractivity contribution is 7.12. The van der Waals surface area contributed by atoms with E-state index in [-0.39, 0.29) is 11.3 Å². The maximum absolute atomic E-state index is 12.9. The van der Waals surface area contributed by atoms with Crippen LogP contribution < -0.4 is 10.2 Å². The lowest BCUT2D eigenvalue weighted by Crippen LogP contribution is -2.42. The number of nitrogens with one attached hydrogen (secondary N) is 1. The number of rotatable bonds is 1. The Kier molecular flexibility index (Phi) is 2.75. The van der Waals surface area contributed by atoms with Gasteiger partial charge in [-0.2, -0.15) is 4.37 Å². The molecular formula is C14H16N4OS. The van der Waals surface area contributed by atoms with Gasteiger partial charge >= 0.3 is 0 Å². The number of amides is 1. The van der Waals surface area contributed by atoms with Gasteiger partial charge in [0.25, 0.3) is 0 Å². The van der Waals surface area contributed by atoms with Gasteiger partial charge in [-0.15, -0.1) is 0 Å². The summed E-state index contributed by atoms with van der Waals surface area (Å²) in [6.45, 7) is 2.69. The Hall–Kier alpha value is -1.53. The van der Waals surface area contributed by atoms with Gasteiger partial charge in [0, 0.05) is 12.7 Å². The molecule has 2 aromatic rings. The molecular weight excluding hydrogens is 272 g/mol. The van der Waals surface area contributed by atoms with Gasteiger partial charge < -0.3 is 10.2 Å². The van der Waals surface area contributed by atoms with Crippen molar-refractivity contribution in [3.8, 4) is 0 Å². The summed E-state index contributed by atoms with van der Waals surface area (Å²) in [7, 11) is 0. The van der Waals surface area contributed by atoms with Crippen molar-refractivity contribution in [2.45, 2.75) is 19.3 Å². The SMILES string of the molecule is O=C1N(c2snc3cccnc23)CCC12CCNCC2. The van der Waals surface area contributed by atoms with Crippen LogP contribution in [0.25, 0.3) is 11.0 Å². The number of fused-ring (bicyclic) bond motifs is 1. The van der Waals surface area contributed by atoms with Crippen LogP contribution in [0.4, 0.5) is 5.00 Å². The fourth-order valence-corrected chi connectivity index (χ4v) is 4.18. The molecule has 6 heteroatoms. The average molecular weight is 288 g/mol. The van der Waals surface area contributed by atoms with Crippen LogP contribution in [-0.2, 0) is 4.79 Å². The third-order valence-corrected chi connectivity index (χ3v) is 5.41. The van der Waals surface area contributed by atoms with Crippen LogP contribution >= 0.6 is 11.5 Å². The fraction of sp³-hybridized carbons (Fsp3) is 0.500. The van der Waals surface area contributed by atoms with E-state index in [4.69, 9.17) is 0 Å². The highest BCUT2D eigenvalue weighted by atomic mass is 32.1. The van der Waals surface area contributed by atoms with Gasteiger partial charge in [0.1, 0.15) is 16.0 Å². The largest absolute Gasteiger partial charge is 0.317 e. The maximum atomic E-state index is 12.9. The van der Waals surface area contributed by atoms with Crippen molar-refractivity contribution in [3.63, 3.8) is 0 Å². The first kappa shape index (κ1) is 12.2. The maximum Gasteiger partial charge on any atom is 0.234 e. The molecule has 2 saturated heterocycles. The Morgan fingerprint density at radius 2 is 2.15 bits per heavy atom. The second-order valence-corrected chi connectivity index (χ2v) is 6.35. The summed E-state index contributed by atoms with van der Waals surface area (Å²) in [5.74, 6) is 0.273. The number of aromatic nitrogens is 2. The molecule has 0 bridgehead atoms. The van der Waals surface area contributed by atoms with E-state index in [2.05, 4.69) is 14.7 Å². The average Bonchev–Trinajstić information content (AvgIpc) is 3.04. The first-order valence-corrected chi connectivity index (χ1v) is 7.81. The molecule has 1 amide bonds. The van der Waals surface area contributed by atoms with Crippen molar-refractivity contribution in [2.24, 2.45) is 5.41 Å². The summed E-state index contributed by atoms with van der Waals surface area (Å²) >= 11 is 1.39. The number of nitrogens with zero attached hydrogens (tertiary/aromatic N) is 3. The Balaban J connectivity index is 1.71. The summed E-state index contributed by atoms with van der Waals surface area (Å²) in [6.07, 6.45) is 4.62. The monoisotopic (exact) mass is 288 g/mol. The molecule has 0 saturated carbocycles. The van der Waals surface area contributed by atoms with Crippen molar-refractivity contribution in [3.05, 3.63) is 18.3 Å². The molecule has 2 aromatic heterocycles. The van der Waals surface area contributed by atoms with E-state index in [0.717, 1.165) is 54.9 Å². The van der Waals surface area contributed by atoms with Crippen molar-refractivity contribution >= 4 is 33.5 Å². The Bertz CT molecular complexity index is 662. The van der Waals surface area contributed by atoms with E-state index in [1.165, 1.54) is 11.5 Å². The zero-order chi connectivity index (χ0) is 13.6. The van der Waals surface area contributed by atoms with Gasteiger partial charge in [0.15, 0.2) is 0 Å². The van der Waals surface area contributed by atoms with Crippen LogP contribution in [0.15, 0.2) is 18.3 Å². The topological polar surface area (TPSA) is 58.1 Å². The molecule has 0 atom stereocenters. The highest BCUT2D eigenvalue weighted by Crippen LogP contribution is 2.43. The van der Waals surface area contributed by atoms with E-state index < -0.39 is 0 Å². The van der Waals surface area contributed by atoms with Gasteiger partial charge in [-0.05, 0) is 56.0 Å². The lowest BCUT2D eigenvalue weighted by Gasteiger charge is -2.31. The second kappa shape index (κ2) is 4.49. The van der Waals surface area contributed by atoms with Crippen LogP contribution in [-0.4, -0.2) is 34.9 Å². The molecule has 0 unspecified atom stereocenters. The van der Waals surface area contributed by atoms with Crippen molar-refractivity contribution < 1.29 is 4.79 Å². The molecule has 4 rings (SSSR count). The molecule has 0 aliphatic carbocycles. The lowest BCUT2D eigenvalue weighted by atomic mass is 9.78. The predicted molar refractivity (Wildman–Crippen MR) is 78.9 cm³/mol. The first-order chi connectivity index (χ1) is 9.80. The van der Waals surface area contributed by atoms with Crippen LogP contribution in [0.5, 0.6) is 0 Å². The Morgan fingerprint density at radius 3 is 3.00 bits per heavy atom. The summed E-state index contributed by atoms with van der Waals surface area (Å²) in [5.41, 5.74) is 1.60. The molecule has 5 nitrogen and oxygen atoms in total. The van der Waals surface area contributed by atoms with E-state index in [0.29, 0.717) is 0 Å². The number of carbonyl (C=O) groups is 1. The fourth-order valence-electron chi connectivity index (χ4n) is 3.33. The molecule has 1 spiro atoms. The van der Waals surface area contributed by atoms with Gasteiger partial charge in [0.2, 0.25) is 5.91 Å². The van der Waals surface area contributed by atoms with Crippen molar-refractivity contribution in [1.82, 2.24) is 14.7 Å². The first-order valence-electron chi connectivity index (χ1n) is 7.03. The van der Waals surface area contributed by atoms with Crippen LogP contribution in [0, 0.1) is 5.41 Å². The zero-order valence-electron chi connectivity index (χ0n) is 11.1. The number of carbonyl (C=O) groups excluding carboxylic acids is 1. The number of piperidine rings is 1. The summed E-state index contributed by atoms with van der Waals surface area (Å²) in [4.78, 5) is 19.2. The summed E-state index contributed by atoms with van der Waals surface area (Å²) in [6, 6.07) is 3.83. The second-order valence-electron chi connectivity index (χ2n) is 5.60. The molecule has 4 heterocycles. The molecule has 0 radical (unpaired) electrons. The van der Waals surface area contributed by atoms with Crippen LogP contribution in [0.3, 0.4) is 0 Å². The highest BCUT2D eigenvalue weighted by Gasteiger charge is 2.48. The van der Waals surface area contributed by atoms with Gasteiger partial charge in [-0.3, -0.25) is 9.78 Å². The van der Waals surface area contributed by atoms with E-state index in [1.807, 2.05) is 17.0 Å². The molecule has 2 fully saturated rings. The van der Waals surface area contributed by atoms with Crippen molar-refractivity contribution in [1.29, 1.82) is 0 Å². The number of hydrogen-bond acceptors (Lipinski definition) is 5. The summed E-state index contributed by atoms with van der Waals surface area (Å²) in [5, 5.41) is 4.26. The summed E-state index contributed by atoms with van der Waals surface area (Å²) < 4.78 is 4.40. The minimum absolute atomic E-state index is 0.143. The minimum atomic E-state index is -0.143. The molecule has 1 N–H and O–H groups in total. The lowest BCUT2D eigenvalue weighted by molar-refractivity contribution is -0.126. The van der Waals surface area contributed by atoms with Crippen LogP contribution in [0.2, 0.25) is 0 Å². The standard InChI is InChI=1S/C14H16N4OS/c19-13-14(3-7-15-8-4-14)5-9-18(13)12-11-10(17-20-12)2-1-6-16-11/h1-2,6,15H,3-5,7-9H2. The van der Waals surface area contributed by atoms with E-state index in [1.54, 1.807) is 6.20 Å².